The second kappa shape index (κ2) is 9.78. The number of ether oxygens (including phenoxy) is 1. The molecule has 0 aromatic carbocycles. The third-order valence-electron chi connectivity index (χ3n) is 3.43. The molecule has 1 heterocycles. The second-order valence-electron chi connectivity index (χ2n) is 6.30. The van der Waals surface area contributed by atoms with E-state index in [-0.39, 0.29) is 0 Å². The maximum atomic E-state index is 5.92. The Morgan fingerprint density at radius 2 is 1.90 bits per heavy atom. The molecule has 1 rings (SSSR count). The van der Waals surface area contributed by atoms with Crippen molar-refractivity contribution >= 4 is 0 Å². The lowest BCUT2D eigenvalue weighted by molar-refractivity contribution is 0.242. The van der Waals surface area contributed by atoms with Gasteiger partial charge in [0.05, 0.1) is 6.61 Å². The van der Waals surface area contributed by atoms with E-state index in [2.05, 4.69) is 57.1 Å². The number of rotatable bonds is 10. The molecule has 0 aliphatic heterocycles. The van der Waals surface area contributed by atoms with Gasteiger partial charge >= 0.3 is 0 Å². The molecule has 0 amide bonds. The van der Waals surface area contributed by atoms with E-state index in [0.717, 1.165) is 37.6 Å². The Hall–Kier alpha value is -1.09. The van der Waals surface area contributed by atoms with Crippen molar-refractivity contribution in [3.05, 3.63) is 23.4 Å². The van der Waals surface area contributed by atoms with Gasteiger partial charge in [-0.2, -0.15) is 0 Å². The number of nitrogens with one attached hydrogen (secondary N) is 1. The molecule has 1 atom stereocenters. The van der Waals surface area contributed by atoms with Crippen molar-refractivity contribution in [2.24, 2.45) is 5.92 Å². The van der Waals surface area contributed by atoms with Gasteiger partial charge in [0.1, 0.15) is 0 Å². The Bertz CT molecular complexity index is 404. The first-order valence-corrected chi connectivity index (χ1v) is 8.41. The minimum absolute atomic E-state index is 0.488. The van der Waals surface area contributed by atoms with Crippen molar-refractivity contribution in [1.82, 2.24) is 10.3 Å². The van der Waals surface area contributed by atoms with Crippen molar-refractivity contribution in [2.45, 2.75) is 72.9 Å². The Balaban J connectivity index is 2.71. The van der Waals surface area contributed by atoms with Crippen LogP contribution in [0.5, 0.6) is 5.88 Å². The van der Waals surface area contributed by atoms with E-state index in [1.54, 1.807) is 0 Å². The average Bonchev–Trinajstić information content (AvgIpc) is 2.43. The molecule has 1 unspecified atom stereocenters. The van der Waals surface area contributed by atoms with Gasteiger partial charge in [-0.3, -0.25) is 0 Å². The molecule has 3 heteroatoms. The van der Waals surface area contributed by atoms with Gasteiger partial charge < -0.3 is 10.1 Å². The van der Waals surface area contributed by atoms with E-state index in [1.807, 2.05) is 0 Å². The van der Waals surface area contributed by atoms with Gasteiger partial charge in [-0.15, -0.1) is 0 Å². The molecule has 0 spiro atoms. The van der Waals surface area contributed by atoms with Gasteiger partial charge in [0.25, 0.3) is 0 Å². The molecule has 0 saturated carbocycles. The van der Waals surface area contributed by atoms with Crippen LogP contribution in [0.2, 0.25) is 0 Å². The first kappa shape index (κ1) is 18.0. The van der Waals surface area contributed by atoms with Crippen LogP contribution in [-0.4, -0.2) is 17.6 Å². The Labute approximate surface area is 130 Å². The van der Waals surface area contributed by atoms with Crippen LogP contribution >= 0.6 is 0 Å². The van der Waals surface area contributed by atoms with Crippen LogP contribution in [0.3, 0.4) is 0 Å². The molecule has 0 bridgehead atoms. The van der Waals surface area contributed by atoms with E-state index in [1.165, 1.54) is 18.4 Å². The van der Waals surface area contributed by atoms with Crippen molar-refractivity contribution in [1.29, 1.82) is 0 Å². The molecule has 1 aromatic rings. The van der Waals surface area contributed by atoms with Crippen molar-refractivity contribution in [3.8, 4) is 5.88 Å². The topological polar surface area (TPSA) is 34.1 Å². The van der Waals surface area contributed by atoms with Crippen LogP contribution in [0.4, 0.5) is 0 Å². The van der Waals surface area contributed by atoms with Crippen molar-refractivity contribution < 1.29 is 4.74 Å². The summed E-state index contributed by atoms with van der Waals surface area (Å²) in [5.74, 6) is 1.37. The standard InChI is InChI=1S/C18H32N2O/c1-6-8-15(5)13-21-18-11-16(12-19-14(3)4)10-17(20-18)9-7-2/h10-11,14-15,19H,6-9,12-13H2,1-5H3. The van der Waals surface area contributed by atoms with Gasteiger partial charge in [0.15, 0.2) is 0 Å². The molecule has 1 N–H and O–H groups in total. The molecule has 21 heavy (non-hydrogen) atoms. The fourth-order valence-corrected chi connectivity index (χ4v) is 2.31. The summed E-state index contributed by atoms with van der Waals surface area (Å²) in [5, 5.41) is 3.46. The number of pyridine rings is 1. The van der Waals surface area contributed by atoms with Crippen LogP contribution in [0, 0.1) is 5.92 Å². The molecule has 0 saturated heterocycles. The first-order valence-electron chi connectivity index (χ1n) is 8.41. The third kappa shape index (κ3) is 7.47. The van der Waals surface area contributed by atoms with Gasteiger partial charge in [0.2, 0.25) is 5.88 Å². The number of nitrogens with zero attached hydrogens (tertiary/aromatic N) is 1. The Kier molecular flexibility index (Phi) is 8.36. The highest BCUT2D eigenvalue weighted by atomic mass is 16.5. The van der Waals surface area contributed by atoms with Gasteiger partial charge in [-0.25, -0.2) is 4.98 Å². The molecule has 0 fully saturated rings. The predicted octanol–water partition coefficient (Wildman–Crippen LogP) is 4.35. The zero-order valence-electron chi connectivity index (χ0n) is 14.4. The summed E-state index contributed by atoms with van der Waals surface area (Å²) in [6.45, 7) is 12.6. The summed E-state index contributed by atoms with van der Waals surface area (Å²) in [7, 11) is 0. The normalized spacial score (nSPS) is 12.7. The van der Waals surface area contributed by atoms with Crippen molar-refractivity contribution in [3.63, 3.8) is 0 Å². The fourth-order valence-electron chi connectivity index (χ4n) is 2.31. The summed E-state index contributed by atoms with van der Waals surface area (Å²) >= 11 is 0. The maximum Gasteiger partial charge on any atom is 0.213 e. The highest BCUT2D eigenvalue weighted by Crippen LogP contribution is 2.16. The average molecular weight is 292 g/mol. The maximum absolute atomic E-state index is 5.92. The smallest absolute Gasteiger partial charge is 0.213 e. The lowest BCUT2D eigenvalue weighted by Crippen LogP contribution is -2.22. The number of hydrogen-bond acceptors (Lipinski definition) is 3. The SMILES string of the molecule is CCCc1cc(CNC(C)C)cc(OCC(C)CCC)n1. The number of aromatic nitrogens is 1. The van der Waals surface area contributed by atoms with E-state index in [9.17, 15) is 0 Å². The minimum atomic E-state index is 0.488. The molecule has 0 radical (unpaired) electrons. The molecular weight excluding hydrogens is 260 g/mol. The Morgan fingerprint density at radius 1 is 1.14 bits per heavy atom. The largest absolute Gasteiger partial charge is 0.477 e. The van der Waals surface area contributed by atoms with Crippen LogP contribution in [0.15, 0.2) is 12.1 Å². The summed E-state index contributed by atoms with van der Waals surface area (Å²) in [4.78, 5) is 4.63. The summed E-state index contributed by atoms with van der Waals surface area (Å²) < 4.78 is 5.92. The summed E-state index contributed by atoms with van der Waals surface area (Å²) in [6, 6.07) is 4.76. The van der Waals surface area contributed by atoms with E-state index >= 15 is 0 Å². The molecule has 0 aliphatic carbocycles. The minimum Gasteiger partial charge on any atom is -0.477 e. The quantitative estimate of drug-likeness (QED) is 0.696. The van der Waals surface area contributed by atoms with Crippen molar-refractivity contribution in [2.75, 3.05) is 6.61 Å². The molecular formula is C18H32N2O. The van der Waals surface area contributed by atoms with Crippen LogP contribution in [0.1, 0.15) is 65.1 Å². The van der Waals surface area contributed by atoms with Crippen LogP contribution < -0.4 is 10.1 Å². The molecule has 1 aromatic heterocycles. The lowest BCUT2D eigenvalue weighted by atomic mass is 10.1. The van der Waals surface area contributed by atoms with E-state index < -0.39 is 0 Å². The highest BCUT2D eigenvalue weighted by Gasteiger charge is 2.07. The fraction of sp³-hybridized carbons (Fsp3) is 0.722. The van der Waals surface area contributed by atoms with Gasteiger partial charge in [-0.1, -0.05) is 47.5 Å². The van der Waals surface area contributed by atoms with Gasteiger partial charge in [0, 0.05) is 24.3 Å². The number of hydrogen-bond donors (Lipinski definition) is 1. The Morgan fingerprint density at radius 3 is 2.52 bits per heavy atom. The van der Waals surface area contributed by atoms with Crippen LogP contribution in [0.25, 0.3) is 0 Å². The summed E-state index contributed by atoms with van der Waals surface area (Å²) in [5.41, 5.74) is 2.40. The summed E-state index contributed by atoms with van der Waals surface area (Å²) in [6.07, 6.45) is 4.53. The molecule has 120 valence electrons. The second-order valence-corrected chi connectivity index (χ2v) is 6.30. The third-order valence-corrected chi connectivity index (χ3v) is 3.43. The van der Waals surface area contributed by atoms with E-state index in [0.29, 0.717) is 12.0 Å². The zero-order chi connectivity index (χ0) is 15.7. The lowest BCUT2D eigenvalue weighted by Gasteiger charge is -2.14. The zero-order valence-corrected chi connectivity index (χ0v) is 14.4. The monoisotopic (exact) mass is 292 g/mol. The molecule has 0 aliphatic rings. The predicted molar refractivity (Wildman–Crippen MR) is 89.8 cm³/mol. The molecule has 3 nitrogen and oxygen atoms in total. The van der Waals surface area contributed by atoms with E-state index in [4.69, 9.17) is 4.74 Å². The highest BCUT2D eigenvalue weighted by molar-refractivity contribution is 5.25. The van der Waals surface area contributed by atoms with Gasteiger partial charge in [-0.05, 0) is 30.4 Å². The number of aryl methyl sites for hydroxylation is 1. The first-order chi connectivity index (χ1) is 10.0. The van der Waals surface area contributed by atoms with Crippen LogP contribution in [-0.2, 0) is 13.0 Å².